The quantitative estimate of drug-likeness (QED) is 0.0638. The van der Waals surface area contributed by atoms with E-state index in [1.54, 1.807) is 24.3 Å². The summed E-state index contributed by atoms with van der Waals surface area (Å²) in [6.45, 7) is 2.85. The minimum absolute atomic E-state index is 0.0543. The van der Waals surface area contributed by atoms with Crippen molar-refractivity contribution in [3.8, 4) is 0 Å². The topological polar surface area (TPSA) is 186 Å². The minimum Gasteiger partial charge on any atom is -0.368 e. The number of hydrogen-bond acceptors (Lipinski definition) is 5. The predicted octanol–water partition coefficient (Wildman–Crippen LogP) is 3.11. The van der Waals surface area contributed by atoms with Crippen LogP contribution in [0, 0.1) is 10.1 Å². The maximum Gasteiger partial charge on any atom is 0.266 e. The number of nitrogens with one attached hydrogen (secondary N) is 2. The number of nitrogens with two attached hydrogens (primary N) is 2. The maximum atomic E-state index is 14.5. The van der Waals surface area contributed by atoms with Crippen molar-refractivity contribution in [1.29, 1.82) is 0 Å². The normalized spacial score (nSPS) is 11.9. The summed E-state index contributed by atoms with van der Waals surface area (Å²) in [5.74, 6) is -2.30. The van der Waals surface area contributed by atoms with E-state index < -0.39 is 22.9 Å². The molecule has 0 spiro atoms. The fraction of sp³-hybridized carbons (Fsp3) is 0.312. The Morgan fingerprint density at radius 1 is 0.864 bits per heavy atom. The molecule has 232 valence electrons. The number of benzene rings is 3. The molecular weight excluding hydrogens is 562 g/mol. The second kappa shape index (κ2) is 17.0. The Bertz CT molecular complexity index is 1380. The number of carbonyl (C=O) groups excluding carboxylic acids is 3. The van der Waals surface area contributed by atoms with Gasteiger partial charge in [0.05, 0.1) is 5.92 Å². The van der Waals surface area contributed by atoms with Crippen molar-refractivity contribution in [3.05, 3.63) is 117 Å². The molecule has 3 rings (SSSR count). The molecule has 0 fully saturated rings. The summed E-state index contributed by atoms with van der Waals surface area (Å²) in [6.07, 6.45) is 2.31. The van der Waals surface area contributed by atoms with Crippen LogP contribution in [0.5, 0.6) is 0 Å². The van der Waals surface area contributed by atoms with Crippen molar-refractivity contribution in [2.45, 2.75) is 51.1 Å². The average molecular weight is 602 g/mol. The zero-order valence-electron chi connectivity index (χ0n) is 24.7. The molecular formula is C32H39N7O5. The number of rotatable bonds is 16. The van der Waals surface area contributed by atoms with Crippen molar-refractivity contribution in [2.75, 3.05) is 13.1 Å². The van der Waals surface area contributed by atoms with E-state index in [2.05, 4.69) is 15.7 Å². The molecule has 6 N–H and O–H groups in total. The number of nitro groups is 1. The molecule has 0 aromatic heterocycles. The molecule has 0 saturated carbocycles. The molecule has 0 aliphatic carbocycles. The van der Waals surface area contributed by atoms with Crippen LogP contribution in [0.15, 0.2) is 90.0 Å². The average Bonchev–Trinajstić information content (AvgIpc) is 3.01. The summed E-state index contributed by atoms with van der Waals surface area (Å²) in [5, 5.41) is 18.2. The first-order valence-corrected chi connectivity index (χ1v) is 14.5. The van der Waals surface area contributed by atoms with E-state index in [-0.39, 0.29) is 37.3 Å². The van der Waals surface area contributed by atoms with Crippen LogP contribution in [-0.4, -0.2) is 52.7 Å². The van der Waals surface area contributed by atoms with Gasteiger partial charge in [0.15, 0.2) is 5.03 Å². The van der Waals surface area contributed by atoms with E-state index in [9.17, 15) is 24.5 Å². The molecule has 0 bridgehead atoms. The Balaban J connectivity index is 1.93. The smallest absolute Gasteiger partial charge is 0.266 e. The second-order valence-electron chi connectivity index (χ2n) is 10.2. The van der Waals surface area contributed by atoms with Crippen LogP contribution in [0.1, 0.15) is 65.6 Å². The van der Waals surface area contributed by atoms with Crippen LogP contribution < -0.4 is 22.1 Å². The summed E-state index contributed by atoms with van der Waals surface area (Å²) < 4.78 is 0. The summed E-state index contributed by atoms with van der Waals surface area (Å²) in [5.41, 5.74) is 14.1. The van der Waals surface area contributed by atoms with Crippen molar-refractivity contribution < 1.29 is 19.4 Å². The van der Waals surface area contributed by atoms with Gasteiger partial charge in [-0.1, -0.05) is 86.1 Å². The lowest BCUT2D eigenvalue weighted by molar-refractivity contribution is -0.485. The van der Waals surface area contributed by atoms with E-state index in [4.69, 9.17) is 11.5 Å². The molecule has 3 aromatic carbocycles. The number of primary amides is 1. The van der Waals surface area contributed by atoms with E-state index in [1.165, 1.54) is 4.90 Å². The van der Waals surface area contributed by atoms with E-state index in [0.717, 1.165) is 24.0 Å². The highest BCUT2D eigenvalue weighted by atomic mass is 16.7. The minimum atomic E-state index is -1.01. The molecule has 0 heterocycles. The van der Waals surface area contributed by atoms with Gasteiger partial charge in [0.2, 0.25) is 11.8 Å². The van der Waals surface area contributed by atoms with Gasteiger partial charge in [-0.25, -0.2) is 10.1 Å². The molecule has 0 aliphatic heterocycles. The van der Waals surface area contributed by atoms with Crippen molar-refractivity contribution in [2.24, 2.45) is 16.6 Å². The Morgan fingerprint density at radius 2 is 1.43 bits per heavy atom. The van der Waals surface area contributed by atoms with Crippen LogP contribution in [0.2, 0.25) is 0 Å². The number of guanidine groups is 1. The lowest BCUT2D eigenvalue weighted by Gasteiger charge is -2.33. The first-order valence-electron chi connectivity index (χ1n) is 14.5. The van der Waals surface area contributed by atoms with E-state index >= 15 is 0 Å². The van der Waals surface area contributed by atoms with Crippen molar-refractivity contribution in [1.82, 2.24) is 15.5 Å². The van der Waals surface area contributed by atoms with Gasteiger partial charge >= 0.3 is 0 Å². The van der Waals surface area contributed by atoms with Crippen LogP contribution in [-0.2, 0) is 16.1 Å². The third-order valence-corrected chi connectivity index (χ3v) is 7.04. The van der Waals surface area contributed by atoms with Crippen LogP contribution in [0.4, 0.5) is 0 Å². The third-order valence-electron chi connectivity index (χ3n) is 7.04. The summed E-state index contributed by atoms with van der Waals surface area (Å²) >= 11 is 0. The van der Waals surface area contributed by atoms with Gasteiger partial charge in [-0.2, -0.15) is 0 Å². The van der Waals surface area contributed by atoms with Gasteiger partial charge in [-0.05, 0) is 48.1 Å². The van der Waals surface area contributed by atoms with E-state index in [1.807, 2.05) is 67.6 Å². The number of hydrazone groups is 1. The van der Waals surface area contributed by atoms with Gasteiger partial charge in [0.1, 0.15) is 11.1 Å². The van der Waals surface area contributed by atoms with Gasteiger partial charge in [0, 0.05) is 25.2 Å². The van der Waals surface area contributed by atoms with Gasteiger partial charge in [0.25, 0.3) is 11.9 Å². The fourth-order valence-corrected chi connectivity index (χ4v) is 4.80. The first kappa shape index (κ1) is 33.2. The molecule has 1 atom stereocenters. The zero-order valence-corrected chi connectivity index (χ0v) is 24.7. The highest BCUT2D eigenvalue weighted by Crippen LogP contribution is 2.29. The summed E-state index contributed by atoms with van der Waals surface area (Å²) in [6, 6.07) is 24.4. The monoisotopic (exact) mass is 601 g/mol. The molecule has 0 unspecified atom stereocenters. The SMILES string of the molecule is CCCCNC(=O)c1ccc(CN(C(=O)C(c2ccccc2)c2ccccc2)[C@H](CCCNC(N)=N[N+](=O)[O-])C(N)=O)cc1. The number of carbonyl (C=O) groups is 3. The van der Waals surface area contributed by atoms with Crippen LogP contribution in [0.3, 0.4) is 0 Å². The lowest BCUT2D eigenvalue weighted by atomic mass is 9.89. The standard InChI is InChI=1S/C32H39N7O5/c1-2-3-20-35-30(41)26-18-16-23(17-19-26)22-38(27(29(33)40)15-10-21-36-32(34)37-39(43)44)31(42)28(24-11-6-4-7-12-24)25-13-8-5-9-14-25/h4-9,11-14,16-19,27-28H,2-3,10,15,20-22H2,1H3,(H2,33,40)(H,35,41)(H3,34,36,37)/t27-/m1/s1. The molecule has 3 aromatic rings. The summed E-state index contributed by atoms with van der Waals surface area (Å²) in [7, 11) is 0. The Morgan fingerprint density at radius 3 is 1.95 bits per heavy atom. The van der Waals surface area contributed by atoms with Gasteiger partial charge in [-0.3, -0.25) is 14.4 Å². The Kier molecular flexibility index (Phi) is 12.8. The number of unbranched alkanes of at least 4 members (excludes halogenated alkanes) is 1. The highest BCUT2D eigenvalue weighted by Gasteiger charge is 2.34. The maximum absolute atomic E-state index is 14.5. The number of hydrogen-bond donors (Lipinski definition) is 4. The molecule has 44 heavy (non-hydrogen) atoms. The third kappa shape index (κ3) is 9.93. The largest absolute Gasteiger partial charge is 0.368 e. The van der Waals surface area contributed by atoms with Crippen molar-refractivity contribution >= 4 is 23.7 Å². The molecule has 0 aliphatic rings. The molecule has 3 amide bonds. The van der Waals surface area contributed by atoms with E-state index in [0.29, 0.717) is 24.1 Å². The van der Waals surface area contributed by atoms with Crippen LogP contribution >= 0.6 is 0 Å². The number of amides is 3. The summed E-state index contributed by atoms with van der Waals surface area (Å²) in [4.78, 5) is 51.9. The first-order chi connectivity index (χ1) is 21.2. The van der Waals surface area contributed by atoms with Crippen LogP contribution in [0.25, 0.3) is 0 Å². The molecule has 12 nitrogen and oxygen atoms in total. The highest BCUT2D eigenvalue weighted by molar-refractivity contribution is 5.94. The second-order valence-corrected chi connectivity index (χ2v) is 10.2. The Hall–Kier alpha value is -5.26. The Labute approximate surface area is 256 Å². The molecule has 0 radical (unpaired) electrons. The predicted molar refractivity (Wildman–Crippen MR) is 168 cm³/mol. The number of nitrogens with zero attached hydrogens (tertiary/aromatic N) is 3. The lowest BCUT2D eigenvalue weighted by Crippen LogP contribution is -2.49. The van der Waals surface area contributed by atoms with Gasteiger partial charge < -0.3 is 27.0 Å². The molecule has 12 heteroatoms. The van der Waals surface area contributed by atoms with Gasteiger partial charge in [-0.15, -0.1) is 0 Å². The molecule has 0 saturated heterocycles. The zero-order chi connectivity index (χ0) is 31.9. The fourth-order valence-electron chi connectivity index (χ4n) is 4.80. The van der Waals surface area contributed by atoms with Crippen molar-refractivity contribution in [3.63, 3.8) is 0 Å².